The molecule has 2 aromatic carbocycles. The summed E-state index contributed by atoms with van der Waals surface area (Å²) in [5.41, 5.74) is 0.286. The molecule has 0 fully saturated rings. The molecular weight excluding hydrogens is 288 g/mol. The molecule has 2 aromatic rings. The summed E-state index contributed by atoms with van der Waals surface area (Å²) in [5, 5.41) is 9.58. The summed E-state index contributed by atoms with van der Waals surface area (Å²) in [6.45, 7) is -0.0112. The number of nitrogens with zero attached hydrogens (tertiary/aromatic N) is 1. The Morgan fingerprint density at radius 2 is 2.00 bits per heavy atom. The summed E-state index contributed by atoms with van der Waals surface area (Å²) < 4.78 is 19.2. The van der Waals surface area contributed by atoms with E-state index in [1.807, 2.05) is 0 Å². The molecule has 2 rings (SSSR count). The van der Waals surface area contributed by atoms with Gasteiger partial charge < -0.3 is 4.74 Å². The van der Waals surface area contributed by atoms with Gasteiger partial charge in [0, 0.05) is 10.6 Å². The Kier molecular flexibility index (Phi) is 4.26. The average molecular weight is 296 g/mol. The van der Waals surface area contributed by atoms with Crippen LogP contribution in [0.5, 0.6) is 5.75 Å². The van der Waals surface area contributed by atoms with E-state index in [9.17, 15) is 4.39 Å². The van der Waals surface area contributed by atoms with Crippen LogP contribution in [0.2, 0.25) is 10.0 Å². The van der Waals surface area contributed by atoms with Gasteiger partial charge in [0.2, 0.25) is 0 Å². The van der Waals surface area contributed by atoms with Crippen molar-refractivity contribution in [2.45, 2.75) is 6.61 Å². The fraction of sp³-hybridized carbons (Fsp3) is 0.0714. The van der Waals surface area contributed by atoms with Crippen molar-refractivity contribution in [3.63, 3.8) is 0 Å². The van der Waals surface area contributed by atoms with E-state index >= 15 is 0 Å². The smallest absolute Gasteiger partial charge is 0.147 e. The van der Waals surface area contributed by atoms with Crippen molar-refractivity contribution in [3.05, 3.63) is 63.4 Å². The van der Waals surface area contributed by atoms with Crippen LogP contribution in [-0.4, -0.2) is 0 Å². The summed E-state index contributed by atoms with van der Waals surface area (Å²) >= 11 is 11.7. The number of hydrogen-bond donors (Lipinski definition) is 0. The zero-order chi connectivity index (χ0) is 13.8. The third-order valence-corrected chi connectivity index (χ3v) is 3.01. The molecule has 0 radical (unpaired) electrons. The molecule has 0 heterocycles. The van der Waals surface area contributed by atoms with E-state index in [0.29, 0.717) is 21.4 Å². The largest absolute Gasteiger partial charge is 0.487 e. The molecule has 5 heteroatoms. The van der Waals surface area contributed by atoms with Crippen LogP contribution in [0.15, 0.2) is 36.4 Å². The minimum absolute atomic E-state index is 0.0108. The van der Waals surface area contributed by atoms with Crippen molar-refractivity contribution >= 4 is 23.2 Å². The van der Waals surface area contributed by atoms with Gasteiger partial charge in [-0.3, -0.25) is 0 Å². The second-order valence-electron chi connectivity index (χ2n) is 3.75. The van der Waals surface area contributed by atoms with Gasteiger partial charge in [-0.2, -0.15) is 5.26 Å². The molecule has 0 aromatic heterocycles. The second-order valence-corrected chi connectivity index (χ2v) is 4.60. The van der Waals surface area contributed by atoms with Gasteiger partial charge in [-0.05, 0) is 24.3 Å². The van der Waals surface area contributed by atoms with E-state index in [-0.39, 0.29) is 12.2 Å². The van der Waals surface area contributed by atoms with Crippen LogP contribution < -0.4 is 4.74 Å². The summed E-state index contributed by atoms with van der Waals surface area (Å²) in [5.74, 6) is -0.164. The van der Waals surface area contributed by atoms with Gasteiger partial charge in [0.1, 0.15) is 24.2 Å². The van der Waals surface area contributed by atoms with Crippen LogP contribution in [-0.2, 0) is 6.61 Å². The van der Waals surface area contributed by atoms with E-state index in [1.165, 1.54) is 6.07 Å². The predicted octanol–water partition coefficient (Wildman–Crippen LogP) is 4.58. The van der Waals surface area contributed by atoms with Crippen LogP contribution in [0.25, 0.3) is 0 Å². The number of nitriles is 1. The molecule has 0 saturated carbocycles. The first-order valence-corrected chi connectivity index (χ1v) is 6.12. The first-order chi connectivity index (χ1) is 9.11. The van der Waals surface area contributed by atoms with Crippen LogP contribution in [0, 0.1) is 17.1 Å². The third kappa shape index (κ3) is 3.17. The van der Waals surface area contributed by atoms with Crippen LogP contribution >= 0.6 is 23.2 Å². The molecule has 0 amide bonds. The SMILES string of the molecule is N#Cc1cccc(COc2ccc(Cl)cc2Cl)c1F. The Hall–Kier alpha value is -1.76. The summed E-state index contributed by atoms with van der Waals surface area (Å²) in [6, 6.07) is 11.1. The summed E-state index contributed by atoms with van der Waals surface area (Å²) in [6.07, 6.45) is 0. The number of ether oxygens (including phenoxy) is 1. The molecular formula is C14H8Cl2FNO. The molecule has 0 saturated heterocycles. The van der Waals surface area contributed by atoms with E-state index in [1.54, 1.807) is 36.4 Å². The van der Waals surface area contributed by atoms with Crippen molar-refractivity contribution < 1.29 is 9.13 Å². The fourth-order valence-corrected chi connectivity index (χ4v) is 1.99. The normalized spacial score (nSPS) is 10.0. The Morgan fingerprint density at radius 1 is 1.21 bits per heavy atom. The van der Waals surface area contributed by atoms with Crippen molar-refractivity contribution in [1.29, 1.82) is 5.26 Å². The maximum atomic E-state index is 13.8. The minimum atomic E-state index is -0.574. The zero-order valence-electron chi connectivity index (χ0n) is 9.66. The molecule has 0 bridgehead atoms. The molecule has 96 valence electrons. The molecule has 0 atom stereocenters. The molecule has 19 heavy (non-hydrogen) atoms. The third-order valence-electron chi connectivity index (χ3n) is 2.48. The zero-order valence-corrected chi connectivity index (χ0v) is 11.2. The van der Waals surface area contributed by atoms with E-state index < -0.39 is 5.82 Å². The Balaban J connectivity index is 2.17. The van der Waals surface area contributed by atoms with Crippen LogP contribution in [0.1, 0.15) is 11.1 Å². The number of hydrogen-bond acceptors (Lipinski definition) is 2. The Morgan fingerprint density at radius 3 is 2.68 bits per heavy atom. The molecule has 0 aliphatic rings. The molecule has 0 aliphatic heterocycles. The first-order valence-electron chi connectivity index (χ1n) is 5.37. The molecule has 0 aliphatic carbocycles. The van der Waals surface area contributed by atoms with Crippen LogP contribution in [0.4, 0.5) is 4.39 Å². The number of benzene rings is 2. The fourth-order valence-electron chi connectivity index (χ4n) is 1.53. The predicted molar refractivity (Wildman–Crippen MR) is 71.9 cm³/mol. The van der Waals surface area contributed by atoms with Crippen molar-refractivity contribution in [2.75, 3.05) is 0 Å². The summed E-state index contributed by atoms with van der Waals surface area (Å²) in [7, 11) is 0. The quantitative estimate of drug-likeness (QED) is 0.830. The Labute approximate surface area is 119 Å². The second kappa shape index (κ2) is 5.92. The molecule has 2 nitrogen and oxygen atoms in total. The van der Waals surface area contributed by atoms with Crippen LogP contribution in [0.3, 0.4) is 0 Å². The lowest BCUT2D eigenvalue weighted by molar-refractivity contribution is 0.300. The topological polar surface area (TPSA) is 33.0 Å². The van der Waals surface area contributed by atoms with Crippen molar-refractivity contribution in [1.82, 2.24) is 0 Å². The lowest BCUT2D eigenvalue weighted by atomic mass is 10.1. The lowest BCUT2D eigenvalue weighted by Gasteiger charge is -2.09. The molecule has 0 unspecified atom stereocenters. The average Bonchev–Trinajstić information content (AvgIpc) is 2.39. The van der Waals surface area contributed by atoms with Crippen molar-refractivity contribution in [3.8, 4) is 11.8 Å². The summed E-state index contributed by atoms with van der Waals surface area (Å²) in [4.78, 5) is 0. The monoisotopic (exact) mass is 295 g/mol. The van der Waals surface area contributed by atoms with Gasteiger partial charge in [-0.15, -0.1) is 0 Å². The van der Waals surface area contributed by atoms with E-state index in [4.69, 9.17) is 33.2 Å². The van der Waals surface area contributed by atoms with Gasteiger partial charge in [0.25, 0.3) is 0 Å². The standard InChI is InChI=1S/C14H8Cl2FNO/c15-11-4-5-13(12(16)6-11)19-8-10-3-1-2-9(7-18)14(10)17/h1-6H,8H2. The van der Waals surface area contributed by atoms with Gasteiger partial charge in [0.05, 0.1) is 10.6 Å². The number of halogens is 3. The first kappa shape index (κ1) is 13.7. The highest BCUT2D eigenvalue weighted by Gasteiger charge is 2.09. The van der Waals surface area contributed by atoms with Gasteiger partial charge in [-0.1, -0.05) is 35.3 Å². The molecule has 0 spiro atoms. The maximum Gasteiger partial charge on any atom is 0.147 e. The minimum Gasteiger partial charge on any atom is -0.487 e. The Bertz CT molecular complexity index is 652. The van der Waals surface area contributed by atoms with E-state index in [2.05, 4.69) is 0 Å². The highest BCUT2D eigenvalue weighted by atomic mass is 35.5. The van der Waals surface area contributed by atoms with Gasteiger partial charge in [-0.25, -0.2) is 4.39 Å². The van der Waals surface area contributed by atoms with Crippen molar-refractivity contribution in [2.24, 2.45) is 0 Å². The highest BCUT2D eigenvalue weighted by Crippen LogP contribution is 2.28. The van der Waals surface area contributed by atoms with Gasteiger partial charge in [0.15, 0.2) is 0 Å². The number of rotatable bonds is 3. The maximum absolute atomic E-state index is 13.8. The highest BCUT2D eigenvalue weighted by molar-refractivity contribution is 6.35. The molecule has 0 N–H and O–H groups in total. The van der Waals surface area contributed by atoms with Gasteiger partial charge >= 0.3 is 0 Å². The lowest BCUT2D eigenvalue weighted by Crippen LogP contribution is -2.00. The van der Waals surface area contributed by atoms with E-state index in [0.717, 1.165) is 0 Å².